The third-order valence-electron chi connectivity index (χ3n) is 1.95. The largest absolute Gasteiger partial charge is 0.497 e. The standard InChI is InChI=1S/C11H13NO2S/c1-12(2)11(15)10(13)8-4-6-9(14-3)7-5-8/h4-7H,1-3H3. The van der Waals surface area contributed by atoms with Crippen molar-refractivity contribution in [1.29, 1.82) is 0 Å². The van der Waals surface area contributed by atoms with Gasteiger partial charge in [0.05, 0.1) is 7.11 Å². The highest BCUT2D eigenvalue weighted by molar-refractivity contribution is 7.82. The average Bonchev–Trinajstić information content (AvgIpc) is 2.27. The number of benzene rings is 1. The average molecular weight is 223 g/mol. The zero-order valence-corrected chi connectivity index (χ0v) is 9.80. The first-order chi connectivity index (χ1) is 7.06. The van der Waals surface area contributed by atoms with Crippen LogP contribution in [-0.2, 0) is 0 Å². The summed E-state index contributed by atoms with van der Waals surface area (Å²) in [5, 5.41) is 0. The molecule has 15 heavy (non-hydrogen) atoms. The second-order valence-electron chi connectivity index (χ2n) is 3.26. The van der Waals surface area contributed by atoms with E-state index in [0.717, 1.165) is 5.75 Å². The number of Topliss-reactive ketones (excluding diaryl/α,β-unsaturated/α-hetero) is 1. The fraction of sp³-hybridized carbons (Fsp3) is 0.273. The highest BCUT2D eigenvalue weighted by atomic mass is 32.1. The number of nitrogens with zero attached hydrogens (tertiary/aromatic N) is 1. The summed E-state index contributed by atoms with van der Waals surface area (Å²) < 4.78 is 5.00. The van der Waals surface area contributed by atoms with Gasteiger partial charge in [0.15, 0.2) is 0 Å². The predicted molar refractivity (Wildman–Crippen MR) is 63.6 cm³/mol. The number of ether oxygens (including phenoxy) is 1. The third-order valence-corrected chi connectivity index (χ3v) is 2.50. The molecule has 0 heterocycles. The molecule has 0 fully saturated rings. The van der Waals surface area contributed by atoms with Gasteiger partial charge in [-0.2, -0.15) is 0 Å². The van der Waals surface area contributed by atoms with Crippen molar-refractivity contribution in [1.82, 2.24) is 4.90 Å². The van der Waals surface area contributed by atoms with Gasteiger partial charge < -0.3 is 9.64 Å². The lowest BCUT2D eigenvalue weighted by molar-refractivity contribution is 0.105. The Kier molecular flexibility index (Phi) is 3.80. The second-order valence-corrected chi connectivity index (χ2v) is 3.64. The lowest BCUT2D eigenvalue weighted by Gasteiger charge is -2.12. The van der Waals surface area contributed by atoms with Gasteiger partial charge in [0, 0.05) is 19.7 Å². The number of carbonyl (C=O) groups excluding carboxylic acids is 1. The van der Waals surface area contributed by atoms with Gasteiger partial charge in [0.1, 0.15) is 10.7 Å². The number of ketones is 1. The van der Waals surface area contributed by atoms with Gasteiger partial charge in [-0.15, -0.1) is 0 Å². The summed E-state index contributed by atoms with van der Waals surface area (Å²) in [6.45, 7) is 0. The van der Waals surface area contributed by atoms with Crippen LogP contribution in [0.3, 0.4) is 0 Å². The molecule has 0 aliphatic heterocycles. The van der Waals surface area contributed by atoms with Crippen molar-refractivity contribution in [3.8, 4) is 5.75 Å². The Morgan fingerprint density at radius 1 is 1.27 bits per heavy atom. The Morgan fingerprint density at radius 3 is 2.20 bits per heavy atom. The topological polar surface area (TPSA) is 29.5 Å². The van der Waals surface area contributed by atoms with Gasteiger partial charge in [-0.25, -0.2) is 0 Å². The van der Waals surface area contributed by atoms with E-state index in [1.807, 2.05) is 0 Å². The molecule has 0 unspecified atom stereocenters. The normalized spacial score (nSPS) is 9.53. The molecule has 1 aromatic carbocycles. The van der Waals surface area contributed by atoms with Crippen molar-refractivity contribution < 1.29 is 9.53 Å². The minimum absolute atomic E-state index is 0.141. The Morgan fingerprint density at radius 2 is 1.80 bits per heavy atom. The maximum Gasteiger partial charge on any atom is 0.220 e. The molecule has 3 nitrogen and oxygen atoms in total. The zero-order chi connectivity index (χ0) is 11.4. The van der Waals surface area contributed by atoms with E-state index in [2.05, 4.69) is 0 Å². The molecule has 0 spiro atoms. The van der Waals surface area contributed by atoms with Crippen LogP contribution < -0.4 is 4.74 Å². The number of hydrogen-bond donors (Lipinski definition) is 0. The zero-order valence-electron chi connectivity index (χ0n) is 8.98. The molecular formula is C11H13NO2S. The van der Waals surface area contributed by atoms with Crippen LogP contribution >= 0.6 is 12.2 Å². The SMILES string of the molecule is COc1ccc(C(=O)C(=S)N(C)C)cc1. The molecule has 0 bridgehead atoms. The molecule has 0 radical (unpaired) electrons. The second kappa shape index (κ2) is 4.89. The quantitative estimate of drug-likeness (QED) is 0.577. The number of methoxy groups -OCH3 is 1. The van der Waals surface area contributed by atoms with Crippen molar-refractivity contribution in [3.63, 3.8) is 0 Å². The van der Waals surface area contributed by atoms with E-state index in [1.165, 1.54) is 0 Å². The fourth-order valence-corrected chi connectivity index (χ4v) is 1.19. The summed E-state index contributed by atoms with van der Waals surface area (Å²) in [5.74, 6) is 0.583. The number of hydrogen-bond acceptors (Lipinski definition) is 3. The Bertz CT molecular complexity index is 371. The molecule has 0 saturated heterocycles. The molecule has 1 aromatic rings. The summed E-state index contributed by atoms with van der Waals surface area (Å²) in [6, 6.07) is 6.89. The predicted octanol–water partition coefficient (Wildman–Crippen LogP) is 1.77. The summed E-state index contributed by atoms with van der Waals surface area (Å²) in [7, 11) is 5.09. The number of carbonyl (C=O) groups is 1. The van der Waals surface area contributed by atoms with Crippen molar-refractivity contribution in [2.24, 2.45) is 0 Å². The van der Waals surface area contributed by atoms with Crippen LogP contribution in [0.25, 0.3) is 0 Å². The molecule has 4 heteroatoms. The lowest BCUT2D eigenvalue weighted by atomic mass is 10.1. The van der Waals surface area contributed by atoms with Crippen LogP contribution in [0.4, 0.5) is 0 Å². The summed E-state index contributed by atoms with van der Waals surface area (Å²) in [4.78, 5) is 13.7. The highest BCUT2D eigenvalue weighted by Gasteiger charge is 2.13. The highest BCUT2D eigenvalue weighted by Crippen LogP contribution is 2.12. The van der Waals surface area contributed by atoms with Crippen LogP contribution in [0.1, 0.15) is 10.4 Å². The van der Waals surface area contributed by atoms with Gasteiger partial charge in [-0.05, 0) is 24.3 Å². The molecule has 0 N–H and O–H groups in total. The van der Waals surface area contributed by atoms with E-state index in [1.54, 1.807) is 50.4 Å². The Labute approximate surface area is 94.6 Å². The molecule has 80 valence electrons. The molecule has 0 amide bonds. The first-order valence-electron chi connectivity index (χ1n) is 4.46. The van der Waals surface area contributed by atoms with Gasteiger partial charge in [-0.3, -0.25) is 4.79 Å². The van der Waals surface area contributed by atoms with E-state index >= 15 is 0 Å². The Hall–Kier alpha value is -1.42. The number of thiocarbonyl (C=S) groups is 1. The van der Waals surface area contributed by atoms with Crippen LogP contribution in [-0.4, -0.2) is 36.9 Å². The van der Waals surface area contributed by atoms with E-state index in [-0.39, 0.29) is 5.78 Å². The van der Waals surface area contributed by atoms with Crippen molar-refractivity contribution in [2.75, 3.05) is 21.2 Å². The van der Waals surface area contributed by atoms with E-state index in [4.69, 9.17) is 17.0 Å². The first-order valence-corrected chi connectivity index (χ1v) is 4.87. The molecule has 0 aliphatic rings. The van der Waals surface area contributed by atoms with Crippen LogP contribution in [0.15, 0.2) is 24.3 Å². The molecule has 0 saturated carbocycles. The van der Waals surface area contributed by atoms with Crippen molar-refractivity contribution >= 4 is 23.0 Å². The molecular weight excluding hydrogens is 210 g/mol. The van der Waals surface area contributed by atoms with E-state index < -0.39 is 0 Å². The van der Waals surface area contributed by atoms with Gasteiger partial charge in [-0.1, -0.05) is 12.2 Å². The van der Waals surface area contributed by atoms with Crippen LogP contribution in [0, 0.1) is 0 Å². The Balaban J connectivity index is 2.88. The maximum atomic E-state index is 11.8. The monoisotopic (exact) mass is 223 g/mol. The maximum absolute atomic E-state index is 11.8. The lowest BCUT2D eigenvalue weighted by Crippen LogP contribution is -2.27. The summed E-state index contributed by atoms with van der Waals surface area (Å²) in [6.07, 6.45) is 0. The summed E-state index contributed by atoms with van der Waals surface area (Å²) in [5.41, 5.74) is 0.578. The van der Waals surface area contributed by atoms with Crippen molar-refractivity contribution in [3.05, 3.63) is 29.8 Å². The number of likely N-dealkylation sites (N-methyl/N-ethyl adjacent to an activating group) is 1. The van der Waals surface area contributed by atoms with Gasteiger partial charge >= 0.3 is 0 Å². The minimum Gasteiger partial charge on any atom is -0.497 e. The van der Waals surface area contributed by atoms with Crippen LogP contribution in [0.5, 0.6) is 5.75 Å². The summed E-state index contributed by atoms with van der Waals surface area (Å²) >= 11 is 4.99. The molecule has 0 aliphatic carbocycles. The minimum atomic E-state index is -0.141. The third kappa shape index (κ3) is 2.76. The molecule has 0 atom stereocenters. The van der Waals surface area contributed by atoms with Crippen molar-refractivity contribution in [2.45, 2.75) is 0 Å². The number of rotatable bonds is 3. The van der Waals surface area contributed by atoms with Gasteiger partial charge in [0.25, 0.3) is 0 Å². The fourth-order valence-electron chi connectivity index (χ4n) is 1.07. The molecule has 1 rings (SSSR count). The van der Waals surface area contributed by atoms with Crippen LogP contribution in [0.2, 0.25) is 0 Å². The van der Waals surface area contributed by atoms with Gasteiger partial charge in [0.2, 0.25) is 5.78 Å². The van der Waals surface area contributed by atoms with E-state index in [0.29, 0.717) is 10.6 Å². The smallest absolute Gasteiger partial charge is 0.220 e. The first kappa shape index (κ1) is 11.7. The molecule has 0 aromatic heterocycles. The van der Waals surface area contributed by atoms with E-state index in [9.17, 15) is 4.79 Å².